The molecular formula is C18H21N3O3. The van der Waals surface area contributed by atoms with Crippen LogP contribution < -0.4 is 0 Å². The van der Waals surface area contributed by atoms with Crippen LogP contribution in [0.5, 0.6) is 0 Å². The third-order valence-electron chi connectivity index (χ3n) is 4.14. The molecule has 1 aromatic carbocycles. The fourth-order valence-electron chi connectivity index (χ4n) is 2.93. The van der Waals surface area contributed by atoms with E-state index >= 15 is 0 Å². The predicted octanol–water partition coefficient (Wildman–Crippen LogP) is 2.18. The molecule has 3 aliphatic rings. The summed E-state index contributed by atoms with van der Waals surface area (Å²) in [6.07, 6.45) is 0.301. The minimum absolute atomic E-state index is 0.0851. The van der Waals surface area contributed by atoms with E-state index in [1.807, 2.05) is 39.0 Å². The second-order valence-corrected chi connectivity index (χ2v) is 6.48. The summed E-state index contributed by atoms with van der Waals surface area (Å²) in [7, 11) is 0. The van der Waals surface area contributed by atoms with E-state index in [-0.39, 0.29) is 18.3 Å². The van der Waals surface area contributed by atoms with Crippen molar-refractivity contribution in [2.24, 2.45) is 15.0 Å². The van der Waals surface area contributed by atoms with E-state index in [1.54, 1.807) is 0 Å². The highest BCUT2D eigenvalue weighted by Crippen LogP contribution is 2.23. The van der Waals surface area contributed by atoms with Gasteiger partial charge in [0.15, 0.2) is 0 Å². The van der Waals surface area contributed by atoms with E-state index in [0.29, 0.717) is 37.3 Å². The lowest BCUT2D eigenvalue weighted by Crippen LogP contribution is -2.17. The van der Waals surface area contributed by atoms with Gasteiger partial charge in [-0.2, -0.15) is 0 Å². The first-order valence-electron chi connectivity index (χ1n) is 8.38. The molecule has 0 saturated carbocycles. The van der Waals surface area contributed by atoms with Crippen LogP contribution >= 0.6 is 0 Å². The largest absolute Gasteiger partial charge is 0.472 e. The third kappa shape index (κ3) is 2.77. The van der Waals surface area contributed by atoms with Gasteiger partial charge in [-0.25, -0.2) is 15.0 Å². The zero-order valence-corrected chi connectivity index (χ0v) is 14.2. The lowest BCUT2D eigenvalue weighted by molar-refractivity contribution is 0.243. The minimum atomic E-state index is 0.0851. The molecule has 4 rings (SSSR count). The van der Waals surface area contributed by atoms with Crippen LogP contribution in [0.4, 0.5) is 0 Å². The third-order valence-corrected chi connectivity index (χ3v) is 4.14. The monoisotopic (exact) mass is 327 g/mol. The minimum Gasteiger partial charge on any atom is -0.472 e. The molecule has 0 aromatic heterocycles. The lowest BCUT2D eigenvalue weighted by atomic mass is 10.0. The molecule has 0 fully saturated rings. The molecule has 6 heteroatoms. The van der Waals surface area contributed by atoms with Gasteiger partial charge in [-0.1, -0.05) is 0 Å². The van der Waals surface area contributed by atoms with Crippen LogP contribution in [-0.2, 0) is 14.2 Å². The van der Waals surface area contributed by atoms with Gasteiger partial charge in [0.05, 0.1) is 19.6 Å². The number of benzene rings is 1. The van der Waals surface area contributed by atoms with Crippen molar-refractivity contribution in [3.8, 4) is 0 Å². The van der Waals surface area contributed by atoms with Crippen LogP contribution in [0.25, 0.3) is 0 Å². The standard InChI is InChI=1S/C18H21N3O3/c1-10-7-19-16(22-10)13-4-5-14(17-20-8-11(2)23-17)15(6-13)18-21-9-12(3)24-18/h4-6,10-12H,7-9H2,1-3H3. The van der Waals surface area contributed by atoms with Crippen LogP contribution in [0, 0.1) is 0 Å². The van der Waals surface area contributed by atoms with Gasteiger partial charge in [-0.3, -0.25) is 0 Å². The van der Waals surface area contributed by atoms with E-state index in [0.717, 1.165) is 16.7 Å². The van der Waals surface area contributed by atoms with Crippen LogP contribution in [-0.4, -0.2) is 55.6 Å². The summed E-state index contributed by atoms with van der Waals surface area (Å²) in [6.45, 7) is 8.06. The maximum Gasteiger partial charge on any atom is 0.217 e. The number of ether oxygens (including phenoxy) is 3. The first-order valence-corrected chi connectivity index (χ1v) is 8.38. The molecule has 0 spiro atoms. The maximum atomic E-state index is 5.87. The molecule has 3 atom stereocenters. The molecule has 0 bridgehead atoms. The molecule has 0 N–H and O–H groups in total. The highest BCUT2D eigenvalue weighted by molar-refractivity contribution is 6.09. The van der Waals surface area contributed by atoms with Crippen LogP contribution in [0.3, 0.4) is 0 Å². The van der Waals surface area contributed by atoms with E-state index in [4.69, 9.17) is 14.2 Å². The summed E-state index contributed by atoms with van der Waals surface area (Å²) in [5, 5.41) is 0. The van der Waals surface area contributed by atoms with Crippen LogP contribution in [0.1, 0.15) is 37.5 Å². The fourth-order valence-corrected chi connectivity index (χ4v) is 2.93. The summed E-state index contributed by atoms with van der Waals surface area (Å²) < 4.78 is 17.5. The molecule has 24 heavy (non-hydrogen) atoms. The van der Waals surface area contributed by atoms with E-state index < -0.39 is 0 Å². The Morgan fingerprint density at radius 3 is 1.71 bits per heavy atom. The molecule has 0 radical (unpaired) electrons. The summed E-state index contributed by atoms with van der Waals surface area (Å²) in [4.78, 5) is 13.5. The van der Waals surface area contributed by atoms with Crippen LogP contribution in [0.15, 0.2) is 33.2 Å². The number of hydrogen-bond acceptors (Lipinski definition) is 6. The Bertz CT molecular complexity index is 754. The van der Waals surface area contributed by atoms with E-state index in [2.05, 4.69) is 15.0 Å². The van der Waals surface area contributed by atoms with E-state index in [1.165, 1.54) is 0 Å². The van der Waals surface area contributed by atoms with Crippen molar-refractivity contribution in [3.63, 3.8) is 0 Å². The van der Waals surface area contributed by atoms with Crippen molar-refractivity contribution in [1.82, 2.24) is 0 Å². The Morgan fingerprint density at radius 1 is 0.708 bits per heavy atom. The molecule has 3 heterocycles. The first kappa shape index (κ1) is 15.2. The Hall–Kier alpha value is -2.37. The smallest absolute Gasteiger partial charge is 0.217 e. The van der Waals surface area contributed by atoms with Crippen molar-refractivity contribution in [2.45, 2.75) is 39.1 Å². The molecule has 1 aromatic rings. The second-order valence-electron chi connectivity index (χ2n) is 6.48. The summed E-state index contributed by atoms with van der Waals surface area (Å²) in [6, 6.07) is 5.99. The van der Waals surface area contributed by atoms with Gasteiger partial charge in [0, 0.05) is 16.7 Å². The summed E-state index contributed by atoms with van der Waals surface area (Å²) >= 11 is 0. The van der Waals surface area contributed by atoms with Gasteiger partial charge >= 0.3 is 0 Å². The molecule has 0 amide bonds. The average molecular weight is 327 g/mol. The molecule has 3 aliphatic heterocycles. The topological polar surface area (TPSA) is 64.8 Å². The molecular weight excluding hydrogens is 306 g/mol. The van der Waals surface area contributed by atoms with Gasteiger partial charge in [0.2, 0.25) is 17.7 Å². The maximum absolute atomic E-state index is 5.87. The molecule has 0 saturated heterocycles. The summed E-state index contributed by atoms with van der Waals surface area (Å²) in [5.41, 5.74) is 2.72. The summed E-state index contributed by atoms with van der Waals surface area (Å²) in [5.74, 6) is 1.96. The number of nitrogens with zero attached hydrogens (tertiary/aromatic N) is 3. The van der Waals surface area contributed by atoms with Crippen LogP contribution in [0.2, 0.25) is 0 Å². The molecule has 0 aliphatic carbocycles. The van der Waals surface area contributed by atoms with Gasteiger partial charge in [-0.05, 0) is 39.0 Å². The fraction of sp³-hybridized carbons (Fsp3) is 0.500. The average Bonchev–Trinajstić information content (AvgIpc) is 3.28. The van der Waals surface area contributed by atoms with Gasteiger partial charge < -0.3 is 14.2 Å². The van der Waals surface area contributed by atoms with Crippen molar-refractivity contribution >= 4 is 17.7 Å². The van der Waals surface area contributed by atoms with Gasteiger partial charge in [0.1, 0.15) is 18.3 Å². The van der Waals surface area contributed by atoms with Crippen molar-refractivity contribution < 1.29 is 14.2 Å². The molecule has 3 unspecified atom stereocenters. The van der Waals surface area contributed by atoms with Crippen molar-refractivity contribution in [3.05, 3.63) is 34.9 Å². The molecule has 126 valence electrons. The zero-order chi connectivity index (χ0) is 16.7. The van der Waals surface area contributed by atoms with Crippen molar-refractivity contribution in [2.75, 3.05) is 19.6 Å². The zero-order valence-electron chi connectivity index (χ0n) is 14.2. The van der Waals surface area contributed by atoms with E-state index in [9.17, 15) is 0 Å². The number of aliphatic imine (C=N–C) groups is 3. The normalized spacial score (nSPS) is 28.6. The second kappa shape index (κ2) is 5.92. The van der Waals surface area contributed by atoms with Gasteiger partial charge in [-0.15, -0.1) is 0 Å². The van der Waals surface area contributed by atoms with Crippen molar-refractivity contribution in [1.29, 1.82) is 0 Å². The Morgan fingerprint density at radius 2 is 1.21 bits per heavy atom. The Balaban J connectivity index is 1.74. The lowest BCUT2D eigenvalue weighted by Gasteiger charge is -2.14. The SMILES string of the molecule is CC1CN=C(c2ccc(C3=NCC(C)O3)c(C3=NCC(C)O3)c2)O1. The highest BCUT2D eigenvalue weighted by atomic mass is 16.5. The number of hydrogen-bond donors (Lipinski definition) is 0. The predicted molar refractivity (Wildman–Crippen MR) is 92.3 cm³/mol. The molecule has 6 nitrogen and oxygen atoms in total. The van der Waals surface area contributed by atoms with Gasteiger partial charge in [0.25, 0.3) is 0 Å². The number of rotatable bonds is 3. The Labute approximate surface area is 141 Å². The Kier molecular flexibility index (Phi) is 3.75. The quantitative estimate of drug-likeness (QED) is 0.855. The highest BCUT2D eigenvalue weighted by Gasteiger charge is 2.27. The first-order chi connectivity index (χ1) is 11.6.